The van der Waals surface area contributed by atoms with Gasteiger partial charge in [-0.2, -0.15) is 0 Å². The molecule has 0 unspecified atom stereocenters. The number of hydrogen-bond donors (Lipinski definition) is 2. The number of anilines is 2. The van der Waals surface area contributed by atoms with Crippen molar-refractivity contribution in [1.82, 2.24) is 0 Å². The van der Waals surface area contributed by atoms with E-state index in [1.807, 2.05) is 13.8 Å². The average molecular weight is 455 g/mol. The molecule has 2 amide bonds. The molecule has 0 radical (unpaired) electrons. The summed E-state index contributed by atoms with van der Waals surface area (Å²) in [5.74, 6) is 0.486. The quantitative estimate of drug-likeness (QED) is 0.430. The number of methoxy groups -OCH3 is 1. The van der Waals surface area contributed by atoms with Gasteiger partial charge in [-0.05, 0) is 74.0 Å². The van der Waals surface area contributed by atoms with Gasteiger partial charge in [0, 0.05) is 17.5 Å². The van der Waals surface area contributed by atoms with Crippen molar-refractivity contribution in [2.75, 3.05) is 17.7 Å². The zero-order valence-electron chi connectivity index (χ0n) is 17.8. The molecule has 1 heterocycles. The molecule has 166 valence electrons. The normalized spacial score (nSPS) is 10.9. The van der Waals surface area contributed by atoms with Crippen LogP contribution in [0.15, 0.2) is 65.3 Å². The molecule has 2 N–H and O–H groups in total. The number of ether oxygens (including phenoxy) is 2. The summed E-state index contributed by atoms with van der Waals surface area (Å²) in [5.41, 5.74) is 1.84. The van der Waals surface area contributed by atoms with Crippen LogP contribution < -0.4 is 20.1 Å². The van der Waals surface area contributed by atoms with E-state index in [4.69, 9.17) is 25.5 Å². The second kappa shape index (κ2) is 10.5. The SMILES string of the molecule is COc1cc(/C=C/C(=O)Nc2ccc(NC(=O)c3ccco3)cc2)cc(Cl)c1OC(C)C. The number of carbonyl (C=O) groups excluding carboxylic acids is 2. The van der Waals surface area contributed by atoms with Gasteiger partial charge in [-0.1, -0.05) is 11.6 Å². The summed E-state index contributed by atoms with van der Waals surface area (Å²) in [6.07, 6.45) is 4.39. The maximum atomic E-state index is 12.3. The molecule has 0 aliphatic carbocycles. The van der Waals surface area contributed by atoms with E-state index in [-0.39, 0.29) is 23.7 Å². The van der Waals surface area contributed by atoms with Gasteiger partial charge in [0.05, 0.1) is 24.5 Å². The van der Waals surface area contributed by atoms with Crippen LogP contribution >= 0.6 is 11.6 Å². The van der Waals surface area contributed by atoms with Crippen LogP contribution in [0.25, 0.3) is 6.08 Å². The minimum atomic E-state index is -0.353. The highest BCUT2D eigenvalue weighted by Crippen LogP contribution is 2.37. The molecule has 0 atom stereocenters. The standard InChI is InChI=1S/C24H23ClN2O5/c1-15(2)32-23-19(25)13-16(14-21(23)30-3)6-11-22(28)26-17-7-9-18(10-8-17)27-24(29)20-5-4-12-31-20/h4-15H,1-3H3,(H,26,28)(H,27,29)/b11-6+. The first-order valence-electron chi connectivity index (χ1n) is 9.84. The third kappa shape index (κ3) is 6.15. The zero-order valence-corrected chi connectivity index (χ0v) is 18.6. The van der Waals surface area contributed by atoms with Gasteiger partial charge in [-0.3, -0.25) is 9.59 Å². The summed E-state index contributed by atoms with van der Waals surface area (Å²) in [6, 6.07) is 13.4. The first-order valence-corrected chi connectivity index (χ1v) is 10.2. The van der Waals surface area contributed by atoms with Gasteiger partial charge in [0.2, 0.25) is 5.91 Å². The number of benzene rings is 2. The Morgan fingerprint density at radius 1 is 1.06 bits per heavy atom. The molecule has 7 nitrogen and oxygen atoms in total. The van der Waals surface area contributed by atoms with Gasteiger partial charge in [0.25, 0.3) is 5.91 Å². The smallest absolute Gasteiger partial charge is 0.291 e. The Morgan fingerprint density at radius 3 is 2.34 bits per heavy atom. The Morgan fingerprint density at radius 2 is 1.75 bits per heavy atom. The lowest BCUT2D eigenvalue weighted by Crippen LogP contribution is -2.11. The predicted molar refractivity (Wildman–Crippen MR) is 125 cm³/mol. The van der Waals surface area contributed by atoms with Crippen LogP contribution in [-0.2, 0) is 4.79 Å². The minimum absolute atomic E-state index is 0.0570. The van der Waals surface area contributed by atoms with Crippen molar-refractivity contribution in [2.45, 2.75) is 20.0 Å². The highest BCUT2D eigenvalue weighted by molar-refractivity contribution is 6.32. The Bertz CT molecular complexity index is 1110. The van der Waals surface area contributed by atoms with Gasteiger partial charge in [-0.25, -0.2) is 0 Å². The van der Waals surface area contributed by atoms with Crippen molar-refractivity contribution < 1.29 is 23.5 Å². The number of hydrogen-bond acceptors (Lipinski definition) is 5. The molecule has 8 heteroatoms. The summed E-state index contributed by atoms with van der Waals surface area (Å²) in [5, 5.41) is 5.86. The molecule has 3 aromatic rings. The van der Waals surface area contributed by atoms with Gasteiger partial charge in [0.15, 0.2) is 17.3 Å². The molecule has 0 bridgehead atoms. The van der Waals surface area contributed by atoms with E-state index in [1.165, 1.54) is 19.4 Å². The van der Waals surface area contributed by atoms with E-state index in [1.54, 1.807) is 54.6 Å². The molecule has 0 fully saturated rings. The van der Waals surface area contributed by atoms with Crippen LogP contribution in [0, 0.1) is 0 Å². The molecule has 3 rings (SSSR count). The summed E-state index contributed by atoms with van der Waals surface area (Å²) >= 11 is 6.31. The Hall–Kier alpha value is -3.71. The molecular formula is C24H23ClN2O5. The maximum Gasteiger partial charge on any atom is 0.291 e. The third-order valence-corrected chi connectivity index (χ3v) is 4.47. The largest absolute Gasteiger partial charge is 0.493 e. The van der Waals surface area contributed by atoms with Crippen molar-refractivity contribution in [1.29, 1.82) is 0 Å². The van der Waals surface area contributed by atoms with Crippen LogP contribution in [0.1, 0.15) is 30.0 Å². The van der Waals surface area contributed by atoms with Crippen molar-refractivity contribution in [3.63, 3.8) is 0 Å². The van der Waals surface area contributed by atoms with Crippen LogP contribution in [-0.4, -0.2) is 25.0 Å². The third-order valence-electron chi connectivity index (χ3n) is 4.19. The number of rotatable bonds is 8. The van der Waals surface area contributed by atoms with Gasteiger partial charge < -0.3 is 24.5 Å². The van der Waals surface area contributed by atoms with E-state index in [0.29, 0.717) is 33.5 Å². The monoisotopic (exact) mass is 454 g/mol. The molecule has 0 saturated carbocycles. The molecule has 0 saturated heterocycles. The Kier molecular flexibility index (Phi) is 7.57. The lowest BCUT2D eigenvalue weighted by Gasteiger charge is -2.15. The van der Waals surface area contributed by atoms with Gasteiger partial charge in [0.1, 0.15) is 0 Å². The first-order chi connectivity index (χ1) is 15.4. The van der Waals surface area contributed by atoms with Crippen molar-refractivity contribution in [3.05, 3.63) is 77.2 Å². The number of nitrogens with one attached hydrogen (secondary N) is 2. The number of amides is 2. The molecule has 0 spiro atoms. The molecule has 32 heavy (non-hydrogen) atoms. The molecule has 0 aliphatic rings. The van der Waals surface area contributed by atoms with Crippen LogP contribution in [0.5, 0.6) is 11.5 Å². The van der Waals surface area contributed by atoms with Crippen molar-refractivity contribution in [3.8, 4) is 11.5 Å². The highest BCUT2D eigenvalue weighted by atomic mass is 35.5. The van der Waals surface area contributed by atoms with Crippen LogP contribution in [0.4, 0.5) is 11.4 Å². The van der Waals surface area contributed by atoms with Gasteiger partial charge in [-0.15, -0.1) is 0 Å². The second-order valence-corrected chi connectivity index (χ2v) is 7.44. The summed E-state index contributed by atoms with van der Waals surface area (Å²) in [4.78, 5) is 24.3. The number of furan rings is 1. The zero-order chi connectivity index (χ0) is 23.1. The van der Waals surface area contributed by atoms with E-state index in [9.17, 15) is 9.59 Å². The molecular weight excluding hydrogens is 432 g/mol. The molecule has 2 aromatic carbocycles. The minimum Gasteiger partial charge on any atom is -0.493 e. The lowest BCUT2D eigenvalue weighted by molar-refractivity contribution is -0.111. The van der Waals surface area contributed by atoms with Crippen molar-refractivity contribution >= 4 is 40.9 Å². The summed E-state index contributed by atoms with van der Waals surface area (Å²) < 4.78 is 16.1. The molecule has 0 aliphatic heterocycles. The number of carbonyl (C=O) groups is 2. The Balaban J connectivity index is 1.61. The van der Waals surface area contributed by atoms with E-state index >= 15 is 0 Å². The predicted octanol–water partition coefficient (Wildman–Crippen LogP) is 5.63. The van der Waals surface area contributed by atoms with Crippen LogP contribution in [0.2, 0.25) is 5.02 Å². The fraction of sp³-hybridized carbons (Fsp3) is 0.167. The topological polar surface area (TPSA) is 89.8 Å². The van der Waals surface area contributed by atoms with E-state index in [2.05, 4.69) is 10.6 Å². The summed E-state index contributed by atoms with van der Waals surface area (Å²) in [6.45, 7) is 3.79. The fourth-order valence-electron chi connectivity index (χ4n) is 2.78. The van der Waals surface area contributed by atoms with Crippen molar-refractivity contribution in [2.24, 2.45) is 0 Å². The fourth-order valence-corrected chi connectivity index (χ4v) is 3.04. The van der Waals surface area contributed by atoms with Crippen LogP contribution in [0.3, 0.4) is 0 Å². The van der Waals surface area contributed by atoms with E-state index < -0.39 is 0 Å². The van der Waals surface area contributed by atoms with Gasteiger partial charge >= 0.3 is 0 Å². The Labute approximate surface area is 191 Å². The average Bonchev–Trinajstić information content (AvgIpc) is 3.30. The maximum absolute atomic E-state index is 12.3. The number of halogens is 1. The second-order valence-electron chi connectivity index (χ2n) is 7.03. The first kappa shape index (κ1) is 23.0. The summed E-state index contributed by atoms with van der Waals surface area (Å²) in [7, 11) is 1.53. The lowest BCUT2D eigenvalue weighted by atomic mass is 10.1. The molecule has 1 aromatic heterocycles. The highest BCUT2D eigenvalue weighted by Gasteiger charge is 2.13. The van der Waals surface area contributed by atoms with E-state index in [0.717, 1.165) is 0 Å².